The number of aliphatic hydroxyl groups is 2. The Kier molecular flexibility index (Phi) is 40.7. The van der Waals surface area contributed by atoms with Gasteiger partial charge in [0, 0.05) is 77.4 Å². The van der Waals surface area contributed by atoms with Crippen LogP contribution in [0.3, 0.4) is 0 Å². The van der Waals surface area contributed by atoms with Crippen molar-refractivity contribution in [1.29, 1.82) is 0 Å². The van der Waals surface area contributed by atoms with Gasteiger partial charge in [0.25, 0.3) is 0 Å². The molecule has 0 aliphatic heterocycles. The zero-order valence-electron chi connectivity index (χ0n) is 61.6. The molecule has 0 aromatic heterocycles. The lowest BCUT2D eigenvalue weighted by Gasteiger charge is -2.31. The summed E-state index contributed by atoms with van der Waals surface area (Å²) in [5.41, 5.74) is 1.76. The van der Waals surface area contributed by atoms with E-state index in [2.05, 4.69) is 83.7 Å². The topological polar surface area (TPSA) is 372 Å². The van der Waals surface area contributed by atoms with Crippen LogP contribution >= 0.6 is 0 Å². The number of allylic oxidation sites excluding steroid dienone is 1. The first-order valence-electron chi connectivity index (χ1n) is 33.6. The van der Waals surface area contributed by atoms with Gasteiger partial charge in [0.2, 0.25) is 0 Å². The number of carbonyl (C=O) groups is 11. The lowest BCUT2D eigenvalue weighted by molar-refractivity contribution is -0.159. The van der Waals surface area contributed by atoms with Gasteiger partial charge in [-0.1, -0.05) is 152 Å². The van der Waals surface area contributed by atoms with E-state index < -0.39 is 129 Å². The Morgan fingerprint density at radius 2 is 0.782 bits per heavy atom. The van der Waals surface area contributed by atoms with Crippen molar-refractivity contribution in [3.8, 4) is 28.4 Å². The second-order valence-electron chi connectivity index (χ2n) is 24.0. The van der Waals surface area contributed by atoms with E-state index in [0.717, 1.165) is 82.7 Å². The zero-order valence-corrected chi connectivity index (χ0v) is 61.6. The van der Waals surface area contributed by atoms with E-state index in [9.17, 15) is 63.0 Å². The highest BCUT2D eigenvalue weighted by molar-refractivity contribution is 5.91. The minimum atomic E-state index is -1.58. The lowest BCUT2D eigenvalue weighted by Crippen LogP contribution is -2.44. The molecule has 2 atom stereocenters. The van der Waals surface area contributed by atoms with Gasteiger partial charge in [-0.15, -0.1) is 0 Å². The highest BCUT2D eigenvalue weighted by Gasteiger charge is 2.39. The summed E-state index contributed by atoms with van der Waals surface area (Å²) in [6.45, 7) is 32.3. The number of benzene rings is 5. The number of carbonyl (C=O) groups excluding carboxylic acids is 11. The number of hydrogen-bond acceptors (Lipinski definition) is 26. The minimum absolute atomic E-state index is 0.0139. The molecule has 0 fully saturated rings. The van der Waals surface area contributed by atoms with Crippen LogP contribution in [-0.2, 0) is 95.9 Å². The Labute approximate surface area is 637 Å². The van der Waals surface area contributed by atoms with Crippen LogP contribution in [0.2, 0.25) is 0 Å². The van der Waals surface area contributed by atoms with Crippen LogP contribution in [0.1, 0.15) is 43.4 Å². The molecular formula is C82H92N2O26. The number of aliphatic hydroxyl groups excluding tert-OH is 2. The fourth-order valence-corrected chi connectivity index (χ4v) is 8.93. The molecule has 4 N–H and O–H groups in total. The third-order valence-electron chi connectivity index (χ3n) is 15.2. The van der Waals surface area contributed by atoms with Crippen molar-refractivity contribution in [2.24, 2.45) is 10.8 Å². The normalized spacial score (nSPS) is 11.1. The van der Waals surface area contributed by atoms with Crippen molar-refractivity contribution in [3.63, 3.8) is 0 Å². The van der Waals surface area contributed by atoms with Gasteiger partial charge in [0.05, 0.1) is 5.41 Å². The fourth-order valence-electron chi connectivity index (χ4n) is 8.93. The molecule has 28 heteroatoms. The molecule has 0 bridgehead atoms. The number of aryl methyl sites for hydroxylation is 1. The van der Waals surface area contributed by atoms with E-state index in [1.54, 1.807) is 13.0 Å². The quantitative estimate of drug-likeness (QED) is 0.0122. The third kappa shape index (κ3) is 34.5. The second-order valence-corrected chi connectivity index (χ2v) is 24.0. The van der Waals surface area contributed by atoms with Gasteiger partial charge in [0.1, 0.15) is 121 Å². The molecule has 2 unspecified atom stereocenters. The van der Waals surface area contributed by atoms with Crippen LogP contribution < -0.4 is 24.8 Å². The molecular weight excluding hydrogens is 1430 g/mol. The fraction of sp³-hybridized carbons (Fsp3) is 0.280. The summed E-state index contributed by atoms with van der Waals surface area (Å²) in [5, 5.41) is 24.7. The number of ketones is 1. The molecule has 0 radical (unpaired) electrons. The van der Waals surface area contributed by atoms with E-state index in [0.29, 0.717) is 23.7 Å². The summed E-state index contributed by atoms with van der Waals surface area (Å²) in [6, 6.07) is 37.2. The van der Waals surface area contributed by atoms with Gasteiger partial charge in [-0.25, -0.2) is 47.9 Å². The number of ether oxygens (including phenoxy) is 13. The Morgan fingerprint density at radius 1 is 0.400 bits per heavy atom. The van der Waals surface area contributed by atoms with Crippen LogP contribution in [0.25, 0.3) is 11.1 Å². The van der Waals surface area contributed by atoms with Crippen molar-refractivity contribution in [2.45, 2.75) is 51.2 Å². The number of amides is 2. The van der Waals surface area contributed by atoms with Crippen molar-refractivity contribution in [2.75, 3.05) is 96.5 Å². The van der Waals surface area contributed by atoms with Crippen molar-refractivity contribution in [1.82, 2.24) is 0 Å². The summed E-state index contributed by atoms with van der Waals surface area (Å²) in [4.78, 5) is 130. The number of hydrogen-bond donors (Lipinski definition) is 4. The maximum atomic E-state index is 13.0. The van der Waals surface area contributed by atoms with E-state index in [4.69, 9.17) is 61.6 Å². The average molecular weight is 1520 g/mol. The monoisotopic (exact) mass is 1520 g/mol. The molecule has 0 heterocycles. The predicted molar refractivity (Wildman–Crippen MR) is 405 cm³/mol. The Hall–Kier alpha value is -13.0. The zero-order chi connectivity index (χ0) is 81.5. The van der Waals surface area contributed by atoms with Crippen molar-refractivity contribution >= 4 is 77.1 Å². The molecule has 5 rings (SSSR count). The maximum absolute atomic E-state index is 13.0. The SMILES string of the molecule is C=CC(=O)CCC(COC(=O)C=C)(COC(=O)C=C)COC(=O)Nc1cc(NC(=O)OCC(COC(=O)C=C)(COC(=O)C=C)COC(=O)C=C)ccc1C.C=CC(=O)OCC(O)COc1ccc(C(C)(C)c2ccc(OCC(O)COC(=O)C=C)cc2)cc1.C=CC(=O)OCCOc1ccccc1-c1ccccc1. The van der Waals surface area contributed by atoms with Crippen LogP contribution in [0.5, 0.6) is 17.2 Å². The Balaban J connectivity index is 0.000000480. The van der Waals surface area contributed by atoms with E-state index in [-0.39, 0.29) is 68.4 Å². The minimum Gasteiger partial charge on any atom is -0.491 e. The summed E-state index contributed by atoms with van der Waals surface area (Å²) in [5.74, 6) is -4.28. The van der Waals surface area contributed by atoms with Gasteiger partial charge >= 0.3 is 59.9 Å². The predicted octanol–water partition coefficient (Wildman–Crippen LogP) is 10.7. The number of nitrogens with one attached hydrogen (secondary N) is 2. The molecule has 0 saturated heterocycles. The van der Waals surface area contributed by atoms with Crippen LogP contribution in [0, 0.1) is 17.8 Å². The van der Waals surface area contributed by atoms with Crippen LogP contribution in [-0.4, -0.2) is 174 Å². The van der Waals surface area contributed by atoms with Crippen molar-refractivity contribution in [3.05, 3.63) is 252 Å². The molecule has 110 heavy (non-hydrogen) atoms. The molecule has 5 aromatic carbocycles. The van der Waals surface area contributed by atoms with E-state index in [1.165, 1.54) is 12.1 Å². The smallest absolute Gasteiger partial charge is 0.411 e. The standard InChI is InChI=1S/C38H44N2O15.C27H32O8.C17H16O3/c1-8-28(41)16-17-37(19-49-30(42)9-2,20-50-31(43)10-3)21-54-36(48)40-29-18-27(15-14-26(29)7)39-35(47)55-25-38(22-51-32(44)11-4,23-52-33(45)12-5)24-53-34(46)13-6;1-5-25(30)34-17-21(28)15-32-23-11-7-19(8-12-23)27(3,4)20-9-13-24(14-10-20)33-16-22(29)18-35-26(31)6-2;1-2-17(18)20-13-12-19-16-11-7-6-10-15(16)14-8-4-3-5-9-14/h8-15,18H,1-6,16-17,19-25H2,7H3,(H,39,47)(H,40,48);5-14,21-22,28-29H,1-2,15-18H2,3-4H3;2-11H,1,12-13H2. The first-order valence-corrected chi connectivity index (χ1v) is 33.6. The van der Waals surface area contributed by atoms with Gasteiger partial charge in [0.15, 0.2) is 5.78 Å². The molecule has 0 aliphatic carbocycles. The molecule has 5 aromatic rings. The molecule has 586 valence electrons. The van der Waals surface area contributed by atoms with E-state index in [1.807, 2.05) is 103 Å². The molecule has 0 saturated carbocycles. The highest BCUT2D eigenvalue weighted by Crippen LogP contribution is 2.35. The number of rotatable bonds is 45. The number of anilines is 2. The van der Waals surface area contributed by atoms with Crippen molar-refractivity contribution < 1.29 is 125 Å². The first-order chi connectivity index (χ1) is 52.5. The van der Waals surface area contributed by atoms with Gasteiger partial charge in [-0.05, 0) is 84.1 Å². The highest BCUT2D eigenvalue weighted by atomic mass is 16.6. The summed E-state index contributed by atoms with van der Waals surface area (Å²) in [7, 11) is 0. The summed E-state index contributed by atoms with van der Waals surface area (Å²) < 4.78 is 67.8. The third-order valence-corrected chi connectivity index (χ3v) is 15.2. The largest absolute Gasteiger partial charge is 0.491 e. The summed E-state index contributed by atoms with van der Waals surface area (Å²) >= 11 is 0. The lowest BCUT2D eigenvalue weighted by atomic mass is 9.78. The molecule has 2 amide bonds. The van der Waals surface area contributed by atoms with Crippen LogP contribution in [0.15, 0.2) is 235 Å². The average Bonchev–Trinajstić information content (AvgIpc) is 0.805. The first kappa shape index (κ1) is 91.3. The van der Waals surface area contributed by atoms with Gasteiger partial charge < -0.3 is 71.8 Å². The van der Waals surface area contributed by atoms with Crippen LogP contribution in [0.4, 0.5) is 21.0 Å². The molecule has 28 nitrogen and oxygen atoms in total. The summed E-state index contributed by atoms with van der Waals surface area (Å²) in [6.07, 6.45) is 4.59. The van der Waals surface area contributed by atoms with E-state index >= 15 is 0 Å². The number of para-hydroxylation sites is 1. The van der Waals surface area contributed by atoms with Gasteiger partial charge in [-0.3, -0.25) is 15.4 Å². The van der Waals surface area contributed by atoms with Gasteiger partial charge in [-0.2, -0.15) is 0 Å². The Bertz CT molecular complexity index is 3790. The molecule has 0 aliphatic rings. The Morgan fingerprint density at radius 3 is 1.22 bits per heavy atom. The number of esters is 8. The molecule has 0 spiro atoms. The second kappa shape index (κ2) is 49.0. The maximum Gasteiger partial charge on any atom is 0.411 e.